The number of rotatable bonds is 2. The average molecular weight is 236 g/mol. The van der Waals surface area contributed by atoms with Crippen LogP contribution in [-0.4, -0.2) is 28.3 Å². The van der Waals surface area contributed by atoms with Gasteiger partial charge >= 0.3 is 0 Å². The van der Waals surface area contributed by atoms with Crippen molar-refractivity contribution in [1.82, 2.24) is 4.90 Å². The van der Waals surface area contributed by atoms with Crippen LogP contribution in [0.25, 0.3) is 0 Å². The lowest BCUT2D eigenvalue weighted by Crippen LogP contribution is -2.28. The van der Waals surface area contributed by atoms with Crippen LogP contribution in [-0.2, 0) is 11.2 Å². The van der Waals surface area contributed by atoms with E-state index in [-0.39, 0.29) is 16.4 Å². The number of hydrogen-bond donors (Lipinski definition) is 1. The molecule has 2 rings (SSSR count). The van der Waals surface area contributed by atoms with E-state index in [9.17, 15) is 9.59 Å². The molecule has 16 heavy (non-hydrogen) atoms. The standard InChI is InChI=1S/C11H12N2O2S/c1-13-10(14)9(16-11(13)15)6-7-2-4-8(12)5-3-7/h2-5,9H,6,12H2,1H3/t9-/m0/s1. The summed E-state index contributed by atoms with van der Waals surface area (Å²) in [6.45, 7) is 0. The van der Waals surface area contributed by atoms with E-state index in [1.165, 1.54) is 11.9 Å². The Morgan fingerprint density at radius 2 is 1.94 bits per heavy atom. The second-order valence-corrected chi connectivity index (χ2v) is 4.87. The van der Waals surface area contributed by atoms with Crippen LogP contribution >= 0.6 is 11.8 Å². The number of imide groups is 1. The monoisotopic (exact) mass is 236 g/mol. The van der Waals surface area contributed by atoms with Crippen LogP contribution in [0.2, 0.25) is 0 Å². The smallest absolute Gasteiger partial charge is 0.288 e. The number of thioether (sulfide) groups is 1. The van der Waals surface area contributed by atoms with Crippen LogP contribution in [0.5, 0.6) is 0 Å². The van der Waals surface area contributed by atoms with Crippen LogP contribution in [0.4, 0.5) is 10.5 Å². The van der Waals surface area contributed by atoms with E-state index in [0.29, 0.717) is 12.1 Å². The summed E-state index contributed by atoms with van der Waals surface area (Å²) in [6.07, 6.45) is 0.569. The van der Waals surface area contributed by atoms with Gasteiger partial charge in [0.25, 0.3) is 5.24 Å². The van der Waals surface area contributed by atoms with Gasteiger partial charge in [-0.05, 0) is 24.1 Å². The van der Waals surface area contributed by atoms with Crippen molar-refractivity contribution in [1.29, 1.82) is 0 Å². The van der Waals surface area contributed by atoms with Crippen LogP contribution in [0.15, 0.2) is 24.3 Å². The zero-order chi connectivity index (χ0) is 11.7. The fourth-order valence-corrected chi connectivity index (χ4v) is 2.58. The molecule has 1 aromatic carbocycles. The topological polar surface area (TPSA) is 63.4 Å². The molecule has 0 aromatic heterocycles. The lowest BCUT2D eigenvalue weighted by molar-refractivity contribution is -0.125. The number of carbonyl (C=O) groups excluding carboxylic acids is 2. The van der Waals surface area contributed by atoms with E-state index in [2.05, 4.69) is 0 Å². The Kier molecular flexibility index (Phi) is 2.87. The van der Waals surface area contributed by atoms with E-state index >= 15 is 0 Å². The molecule has 1 heterocycles. The van der Waals surface area contributed by atoms with Crippen molar-refractivity contribution in [3.05, 3.63) is 29.8 Å². The fraction of sp³-hybridized carbons (Fsp3) is 0.273. The Morgan fingerprint density at radius 1 is 1.31 bits per heavy atom. The van der Waals surface area contributed by atoms with Gasteiger partial charge < -0.3 is 5.73 Å². The molecule has 0 saturated carbocycles. The van der Waals surface area contributed by atoms with Crippen molar-refractivity contribution in [2.75, 3.05) is 12.8 Å². The summed E-state index contributed by atoms with van der Waals surface area (Å²) in [5.74, 6) is -0.119. The quantitative estimate of drug-likeness (QED) is 0.790. The van der Waals surface area contributed by atoms with Gasteiger partial charge in [-0.15, -0.1) is 0 Å². The van der Waals surface area contributed by atoms with Crippen molar-refractivity contribution in [3.8, 4) is 0 Å². The molecule has 0 aliphatic carbocycles. The summed E-state index contributed by atoms with van der Waals surface area (Å²) in [5, 5.41) is -0.466. The zero-order valence-corrected chi connectivity index (χ0v) is 9.66. The normalized spacial score (nSPS) is 20.6. The predicted molar refractivity (Wildman–Crippen MR) is 64.1 cm³/mol. The Hall–Kier alpha value is -1.49. The molecule has 1 atom stereocenters. The van der Waals surface area contributed by atoms with E-state index in [1.54, 1.807) is 12.1 Å². The maximum Gasteiger partial charge on any atom is 0.288 e. The number of anilines is 1. The third-order valence-corrected chi connectivity index (χ3v) is 3.65. The second-order valence-electron chi connectivity index (χ2n) is 3.72. The highest BCUT2D eigenvalue weighted by molar-refractivity contribution is 8.15. The Morgan fingerprint density at radius 3 is 2.44 bits per heavy atom. The maximum absolute atomic E-state index is 11.6. The van der Waals surface area contributed by atoms with Crippen molar-refractivity contribution < 1.29 is 9.59 Å². The van der Waals surface area contributed by atoms with E-state index in [0.717, 1.165) is 17.3 Å². The first-order valence-electron chi connectivity index (χ1n) is 4.90. The summed E-state index contributed by atoms with van der Waals surface area (Å²) >= 11 is 1.09. The lowest BCUT2D eigenvalue weighted by atomic mass is 10.1. The third kappa shape index (κ3) is 2.04. The van der Waals surface area contributed by atoms with Gasteiger partial charge in [0.2, 0.25) is 5.91 Å². The Balaban J connectivity index is 2.09. The minimum atomic E-state index is -0.291. The summed E-state index contributed by atoms with van der Waals surface area (Å²) in [6, 6.07) is 7.36. The number of nitrogens with zero attached hydrogens (tertiary/aromatic N) is 1. The number of nitrogen functional groups attached to an aromatic ring is 1. The van der Waals surface area contributed by atoms with Crippen molar-refractivity contribution in [2.45, 2.75) is 11.7 Å². The van der Waals surface area contributed by atoms with Crippen molar-refractivity contribution >= 4 is 28.6 Å². The first kappa shape index (κ1) is 11.0. The van der Waals surface area contributed by atoms with E-state index < -0.39 is 0 Å². The summed E-state index contributed by atoms with van der Waals surface area (Å²) in [5.41, 5.74) is 7.29. The van der Waals surface area contributed by atoms with Gasteiger partial charge in [-0.2, -0.15) is 0 Å². The molecule has 84 valence electrons. The lowest BCUT2D eigenvalue weighted by Gasteiger charge is -2.07. The number of hydrogen-bond acceptors (Lipinski definition) is 4. The first-order chi connectivity index (χ1) is 7.58. The molecule has 1 aliphatic heterocycles. The van der Waals surface area contributed by atoms with Crippen LogP contribution in [0, 0.1) is 0 Å². The van der Waals surface area contributed by atoms with Gasteiger partial charge in [0.1, 0.15) is 0 Å². The molecular formula is C11H12N2O2S. The number of benzene rings is 1. The molecule has 0 spiro atoms. The third-order valence-electron chi connectivity index (χ3n) is 2.52. The molecule has 0 bridgehead atoms. The van der Waals surface area contributed by atoms with E-state index in [4.69, 9.17) is 5.73 Å². The van der Waals surface area contributed by atoms with Crippen LogP contribution in [0.1, 0.15) is 5.56 Å². The predicted octanol–water partition coefficient (Wildman–Crippen LogP) is 1.51. The molecule has 2 N–H and O–H groups in total. The minimum absolute atomic E-state index is 0.119. The number of nitrogens with two attached hydrogens (primary N) is 1. The summed E-state index contributed by atoms with van der Waals surface area (Å²) in [7, 11) is 1.51. The SMILES string of the molecule is CN1C(=O)S[C@@H](Cc2ccc(N)cc2)C1=O. The second kappa shape index (κ2) is 4.17. The van der Waals surface area contributed by atoms with Gasteiger partial charge in [-0.1, -0.05) is 23.9 Å². The van der Waals surface area contributed by atoms with Gasteiger partial charge in [-0.25, -0.2) is 0 Å². The minimum Gasteiger partial charge on any atom is -0.399 e. The van der Waals surface area contributed by atoms with Crippen molar-refractivity contribution in [3.63, 3.8) is 0 Å². The first-order valence-corrected chi connectivity index (χ1v) is 5.78. The molecule has 2 amide bonds. The highest BCUT2D eigenvalue weighted by Crippen LogP contribution is 2.28. The van der Waals surface area contributed by atoms with E-state index in [1.807, 2.05) is 12.1 Å². The van der Waals surface area contributed by atoms with Crippen LogP contribution in [0.3, 0.4) is 0 Å². The highest BCUT2D eigenvalue weighted by Gasteiger charge is 2.36. The van der Waals surface area contributed by atoms with Crippen molar-refractivity contribution in [2.24, 2.45) is 0 Å². The summed E-state index contributed by atoms with van der Waals surface area (Å²) in [4.78, 5) is 24.1. The molecule has 1 saturated heterocycles. The van der Waals surface area contributed by atoms with Gasteiger partial charge in [0, 0.05) is 12.7 Å². The Bertz CT molecular complexity index is 430. The maximum atomic E-state index is 11.6. The molecule has 0 radical (unpaired) electrons. The van der Waals surface area contributed by atoms with Gasteiger partial charge in [-0.3, -0.25) is 14.5 Å². The average Bonchev–Trinajstić information content (AvgIpc) is 2.50. The highest BCUT2D eigenvalue weighted by atomic mass is 32.2. The molecule has 1 aliphatic rings. The molecule has 0 unspecified atom stereocenters. The number of amides is 2. The molecule has 5 heteroatoms. The molecule has 1 fully saturated rings. The van der Waals surface area contributed by atoms with Gasteiger partial charge in [0.15, 0.2) is 0 Å². The molecule has 1 aromatic rings. The number of carbonyl (C=O) groups is 2. The van der Waals surface area contributed by atoms with Gasteiger partial charge in [0.05, 0.1) is 5.25 Å². The summed E-state index contributed by atoms with van der Waals surface area (Å²) < 4.78 is 0. The van der Waals surface area contributed by atoms with Crippen LogP contribution < -0.4 is 5.73 Å². The Labute approximate surface area is 97.8 Å². The zero-order valence-electron chi connectivity index (χ0n) is 8.84. The molecule has 4 nitrogen and oxygen atoms in total. The molecular weight excluding hydrogens is 224 g/mol. The largest absolute Gasteiger partial charge is 0.399 e. The fourth-order valence-electron chi connectivity index (χ4n) is 1.55.